The summed E-state index contributed by atoms with van der Waals surface area (Å²) in [5, 5.41) is 12.9. The Morgan fingerprint density at radius 2 is 1.48 bits per heavy atom. The van der Waals surface area contributed by atoms with Gasteiger partial charge in [0.15, 0.2) is 23.9 Å². The second kappa shape index (κ2) is 24.8. The molecule has 0 aliphatic carbocycles. The maximum absolute atomic E-state index is 10.9. The van der Waals surface area contributed by atoms with Gasteiger partial charge in [0.25, 0.3) is 0 Å². The molecule has 3 aromatic carbocycles. The summed E-state index contributed by atoms with van der Waals surface area (Å²) in [5.41, 5.74) is 6.52. The average molecular weight is 617 g/mol. The highest BCUT2D eigenvalue weighted by Gasteiger charge is 2.04. The Balaban J connectivity index is 0.000000621. The maximum Gasteiger partial charge on any atom is 0.195 e. The van der Waals surface area contributed by atoms with E-state index in [1.807, 2.05) is 79.7 Å². The number of hydrogen-bond acceptors (Lipinski definition) is 7. The molecule has 0 aliphatic heterocycles. The number of aryl methyl sites for hydroxylation is 2. The van der Waals surface area contributed by atoms with Gasteiger partial charge in [0.1, 0.15) is 0 Å². The second-order valence-electron chi connectivity index (χ2n) is 10.0. The molecule has 0 bridgehead atoms. The lowest BCUT2D eigenvalue weighted by atomic mass is 9.96. The van der Waals surface area contributed by atoms with Crippen LogP contribution in [-0.4, -0.2) is 17.6 Å². The zero-order valence-electron chi connectivity index (χ0n) is 26.3. The molecule has 0 amide bonds. The van der Waals surface area contributed by atoms with E-state index in [0.717, 1.165) is 34.7 Å². The van der Waals surface area contributed by atoms with Crippen LogP contribution in [0.2, 0.25) is 5.02 Å². The molecule has 1 atom stereocenters. The maximum atomic E-state index is 10.9. The third-order valence-electron chi connectivity index (χ3n) is 6.03. The van der Waals surface area contributed by atoms with Crippen molar-refractivity contribution >= 4 is 29.7 Å². The summed E-state index contributed by atoms with van der Waals surface area (Å²) < 4.78 is 10.1. The normalized spacial score (nSPS) is 11.4. The Bertz CT molecular complexity index is 1110. The summed E-state index contributed by atoms with van der Waals surface area (Å²) in [6.07, 6.45) is 1.32. The molecular formula is C34H49ClN2O4S. The van der Waals surface area contributed by atoms with Gasteiger partial charge in [-0.1, -0.05) is 124 Å². The Labute approximate surface area is 263 Å². The molecule has 8 heteroatoms. The van der Waals surface area contributed by atoms with Gasteiger partial charge in [-0.15, -0.1) is 0 Å². The first-order valence-corrected chi connectivity index (χ1v) is 15.1. The number of aliphatic hydroxyl groups is 1. The van der Waals surface area contributed by atoms with Crippen LogP contribution < -0.4 is 10.8 Å². The van der Waals surface area contributed by atoms with Crippen molar-refractivity contribution in [2.24, 2.45) is 11.8 Å². The van der Waals surface area contributed by atoms with Gasteiger partial charge in [-0.05, 0) is 55.9 Å². The van der Waals surface area contributed by atoms with Gasteiger partial charge in [0.2, 0.25) is 0 Å². The fourth-order valence-corrected chi connectivity index (χ4v) is 3.46. The third kappa shape index (κ3) is 21.9. The monoisotopic (exact) mass is 616 g/mol. The van der Waals surface area contributed by atoms with E-state index in [9.17, 15) is 9.90 Å². The smallest absolute Gasteiger partial charge is 0.195 e. The first-order chi connectivity index (χ1) is 20.0. The van der Waals surface area contributed by atoms with E-state index in [-0.39, 0.29) is 12.4 Å². The number of Topliss-reactive ketones (excluding diaryl/α,β-unsaturated/α-hetero) is 1. The van der Waals surface area contributed by atoms with Crippen LogP contribution in [0.25, 0.3) is 0 Å². The highest BCUT2D eigenvalue weighted by atomic mass is 35.5. The van der Waals surface area contributed by atoms with E-state index >= 15 is 0 Å². The van der Waals surface area contributed by atoms with Crippen molar-refractivity contribution in [1.82, 2.24) is 10.8 Å². The SMILES string of the molecule is CC(=O)/C(O)=C(\C)NCNOSOCc1ccccc1.CCC(C)C(C)C.Cc1cccc(Cl)c1.Cc1ccccc1. The van der Waals surface area contributed by atoms with Crippen molar-refractivity contribution in [1.29, 1.82) is 0 Å². The number of rotatable bonds is 11. The van der Waals surface area contributed by atoms with Gasteiger partial charge >= 0.3 is 0 Å². The molecule has 3 aromatic rings. The average Bonchev–Trinajstić information content (AvgIpc) is 2.97. The molecule has 0 spiro atoms. The van der Waals surface area contributed by atoms with E-state index in [1.54, 1.807) is 6.92 Å². The van der Waals surface area contributed by atoms with Crippen molar-refractivity contribution in [3.05, 3.63) is 118 Å². The summed E-state index contributed by atoms with van der Waals surface area (Å²) in [7, 11) is 0. The Morgan fingerprint density at radius 1 is 0.905 bits per heavy atom. The summed E-state index contributed by atoms with van der Waals surface area (Å²) in [6.45, 7) is 16.7. The Morgan fingerprint density at radius 3 is 1.88 bits per heavy atom. The summed E-state index contributed by atoms with van der Waals surface area (Å²) in [5.74, 6) is 1.08. The first-order valence-electron chi connectivity index (χ1n) is 14.1. The highest BCUT2D eigenvalue weighted by Crippen LogP contribution is 2.12. The molecule has 0 radical (unpaired) electrons. The molecule has 3 N–H and O–H groups in total. The number of carbonyl (C=O) groups is 1. The fraction of sp³-hybridized carbons (Fsp3) is 0.382. The molecule has 0 saturated heterocycles. The number of halogens is 1. The number of allylic oxidation sites excluding steroid dienone is 2. The van der Waals surface area contributed by atoms with Crippen molar-refractivity contribution in [3.63, 3.8) is 0 Å². The molecule has 0 aromatic heterocycles. The molecule has 42 heavy (non-hydrogen) atoms. The molecule has 0 fully saturated rings. The van der Waals surface area contributed by atoms with Crippen molar-refractivity contribution in [2.75, 3.05) is 6.67 Å². The lowest BCUT2D eigenvalue weighted by molar-refractivity contribution is -0.116. The first kappa shape index (κ1) is 39.2. The van der Waals surface area contributed by atoms with E-state index in [2.05, 4.69) is 57.5 Å². The fourth-order valence-electron chi connectivity index (χ4n) is 2.87. The number of ketones is 1. The number of nitrogens with one attached hydrogen (secondary N) is 2. The van der Waals surface area contributed by atoms with E-state index < -0.39 is 5.78 Å². The van der Waals surface area contributed by atoms with Crippen LogP contribution in [0.1, 0.15) is 64.7 Å². The summed E-state index contributed by atoms with van der Waals surface area (Å²) in [6, 6.07) is 27.7. The Kier molecular flexibility index (Phi) is 23.1. The quantitative estimate of drug-likeness (QED) is 0.0494. The predicted molar refractivity (Wildman–Crippen MR) is 179 cm³/mol. The van der Waals surface area contributed by atoms with Crippen molar-refractivity contribution in [3.8, 4) is 0 Å². The number of benzene rings is 3. The van der Waals surface area contributed by atoms with Crippen LogP contribution in [0.4, 0.5) is 0 Å². The number of carbonyl (C=O) groups excluding carboxylic acids is 1. The molecule has 6 nitrogen and oxygen atoms in total. The van der Waals surface area contributed by atoms with Crippen LogP contribution in [0.5, 0.6) is 0 Å². The van der Waals surface area contributed by atoms with Crippen LogP contribution in [-0.2, 0) is 19.9 Å². The zero-order chi connectivity index (χ0) is 31.8. The van der Waals surface area contributed by atoms with Gasteiger partial charge in [0.05, 0.1) is 19.0 Å². The number of hydroxylamine groups is 1. The van der Waals surface area contributed by atoms with Gasteiger partial charge in [-0.2, -0.15) is 5.48 Å². The van der Waals surface area contributed by atoms with Gasteiger partial charge in [-0.25, -0.2) is 4.28 Å². The molecule has 232 valence electrons. The molecule has 3 rings (SSSR count). The minimum Gasteiger partial charge on any atom is -0.503 e. The van der Waals surface area contributed by atoms with E-state index in [0.29, 0.717) is 12.3 Å². The van der Waals surface area contributed by atoms with E-state index in [4.69, 9.17) is 20.1 Å². The molecular weight excluding hydrogens is 568 g/mol. The lowest BCUT2D eigenvalue weighted by Crippen LogP contribution is -2.27. The number of aliphatic hydroxyl groups excluding tert-OH is 1. The highest BCUT2D eigenvalue weighted by molar-refractivity contribution is 7.89. The van der Waals surface area contributed by atoms with Crippen molar-refractivity contribution in [2.45, 2.75) is 68.4 Å². The van der Waals surface area contributed by atoms with Gasteiger partial charge in [-0.3, -0.25) is 8.98 Å². The second-order valence-corrected chi connectivity index (χ2v) is 11.0. The van der Waals surface area contributed by atoms with Crippen LogP contribution >= 0.6 is 23.9 Å². The van der Waals surface area contributed by atoms with Crippen molar-refractivity contribution < 1.29 is 18.4 Å². The molecule has 0 aliphatic rings. The predicted octanol–water partition coefficient (Wildman–Crippen LogP) is 9.55. The van der Waals surface area contributed by atoms with Gasteiger partial charge < -0.3 is 10.4 Å². The number of hydrogen-bond donors (Lipinski definition) is 3. The van der Waals surface area contributed by atoms with E-state index in [1.165, 1.54) is 24.5 Å². The topological polar surface area (TPSA) is 79.8 Å². The third-order valence-corrected chi connectivity index (χ3v) is 6.66. The summed E-state index contributed by atoms with van der Waals surface area (Å²) in [4.78, 5) is 10.9. The summed E-state index contributed by atoms with van der Waals surface area (Å²) >= 11 is 6.46. The molecule has 0 saturated carbocycles. The van der Waals surface area contributed by atoms with Crippen LogP contribution in [0.15, 0.2) is 96.4 Å². The van der Waals surface area contributed by atoms with Gasteiger partial charge in [0, 0.05) is 11.9 Å². The Hall–Kier alpha value is -2.81. The minimum absolute atomic E-state index is 0.227. The lowest BCUT2D eigenvalue weighted by Gasteiger charge is -2.10. The molecule has 1 unspecified atom stereocenters. The van der Waals surface area contributed by atoms with Crippen LogP contribution in [0.3, 0.4) is 0 Å². The largest absolute Gasteiger partial charge is 0.503 e. The standard InChI is InChI=1S/C13H18N2O4S.C7H7Cl.C7H8.C7H16/c1-10(13(17)11(2)16)14-9-15-19-20-18-8-12-6-4-3-5-7-12;1-6-3-2-4-7(8)5-6;1-7-5-3-2-4-6-7;1-5-7(4)6(2)3/h3-7,14-15,17H,8-9H2,1-2H3;2-5H,1H3;2-6H,1H3;6-7H,5H2,1-4H3/b13-10-;;;. The minimum atomic E-state index is -0.392. The van der Waals surface area contributed by atoms with Crippen LogP contribution in [0, 0.1) is 25.7 Å². The zero-order valence-corrected chi connectivity index (χ0v) is 27.9. The molecule has 0 heterocycles.